The number of carbonyl (C=O) groups excluding carboxylic acids is 1. The Morgan fingerprint density at radius 3 is 2.70 bits per heavy atom. The van der Waals surface area contributed by atoms with Crippen LogP contribution in [0.15, 0.2) is 42.5 Å². The molecule has 1 N–H and O–H groups in total. The summed E-state index contributed by atoms with van der Waals surface area (Å²) in [6, 6.07) is 12.4. The first-order chi connectivity index (χ1) is 12.8. The van der Waals surface area contributed by atoms with Crippen LogP contribution in [0.2, 0.25) is 5.02 Å². The highest BCUT2D eigenvalue weighted by atomic mass is 35.5. The quantitative estimate of drug-likeness (QED) is 0.738. The Hall–Kier alpha value is -3.06. The number of benzene rings is 2. The van der Waals surface area contributed by atoms with Crippen molar-refractivity contribution < 1.29 is 14.3 Å². The molecule has 138 valence electrons. The first-order valence-electron chi connectivity index (χ1n) is 8.34. The van der Waals surface area contributed by atoms with Gasteiger partial charge in [0.1, 0.15) is 0 Å². The van der Waals surface area contributed by atoms with E-state index in [4.69, 9.17) is 21.1 Å². The molecule has 27 heavy (non-hydrogen) atoms. The molecule has 0 atom stereocenters. The summed E-state index contributed by atoms with van der Waals surface area (Å²) in [5.74, 6) is 0.137. The molecule has 1 aromatic heterocycles. The lowest BCUT2D eigenvalue weighted by Gasteiger charge is -2.16. The number of halogens is 1. The van der Waals surface area contributed by atoms with Gasteiger partial charge in [0.15, 0.2) is 17.2 Å². The Balaban J connectivity index is 1.57. The molecule has 4 rings (SSSR count). The fraction of sp³-hybridized carbons (Fsp3) is 0.211. The number of nitrogens with one attached hydrogen (secondary N) is 1. The van der Waals surface area contributed by atoms with Crippen LogP contribution in [0.4, 0.5) is 5.69 Å². The third kappa shape index (κ3) is 3.33. The maximum absolute atomic E-state index is 12.6. The zero-order chi connectivity index (χ0) is 19.2. The molecule has 0 spiro atoms. The molecule has 0 saturated heterocycles. The number of aromatic nitrogens is 3. The molecule has 1 aliphatic rings. The number of hydrogen-bond acceptors (Lipinski definition) is 5. The second-order valence-corrected chi connectivity index (χ2v) is 7.07. The predicted octanol–water partition coefficient (Wildman–Crippen LogP) is 3.99. The fourth-order valence-electron chi connectivity index (χ4n) is 2.88. The lowest BCUT2D eigenvalue weighted by atomic mass is 10.2. The van der Waals surface area contributed by atoms with Crippen LogP contribution in [0.3, 0.4) is 0 Å². The average molecular weight is 385 g/mol. The van der Waals surface area contributed by atoms with Crippen molar-refractivity contribution in [1.29, 1.82) is 0 Å². The Labute approximate surface area is 160 Å². The molecular weight excluding hydrogens is 368 g/mol. The van der Waals surface area contributed by atoms with Gasteiger partial charge in [0.25, 0.3) is 5.91 Å². The van der Waals surface area contributed by atoms with Crippen molar-refractivity contribution >= 4 is 23.2 Å². The first-order valence-corrected chi connectivity index (χ1v) is 8.72. The van der Waals surface area contributed by atoms with Crippen LogP contribution in [0, 0.1) is 6.92 Å². The van der Waals surface area contributed by atoms with Gasteiger partial charge in [0, 0.05) is 30.6 Å². The van der Waals surface area contributed by atoms with Crippen LogP contribution in [-0.2, 0) is 0 Å². The van der Waals surface area contributed by atoms with Gasteiger partial charge in [-0.15, -0.1) is 5.10 Å². The molecule has 1 aliphatic heterocycles. The van der Waals surface area contributed by atoms with E-state index >= 15 is 0 Å². The van der Waals surface area contributed by atoms with Gasteiger partial charge in [0.05, 0.1) is 11.4 Å². The van der Waals surface area contributed by atoms with Crippen LogP contribution in [0.5, 0.6) is 11.5 Å². The van der Waals surface area contributed by atoms with Crippen LogP contribution in [-0.4, -0.2) is 26.7 Å². The molecule has 0 bridgehead atoms. The third-order valence-corrected chi connectivity index (χ3v) is 4.31. The summed E-state index contributed by atoms with van der Waals surface area (Å²) in [6.07, 6.45) is 0. The molecule has 8 heteroatoms. The molecule has 0 radical (unpaired) electrons. The van der Waals surface area contributed by atoms with E-state index in [0.29, 0.717) is 27.9 Å². The van der Waals surface area contributed by atoms with Crippen molar-refractivity contribution in [1.82, 2.24) is 15.0 Å². The number of rotatable bonds is 3. The summed E-state index contributed by atoms with van der Waals surface area (Å²) in [5, 5.41) is 11.5. The maximum Gasteiger partial charge on any atom is 0.278 e. The van der Waals surface area contributed by atoms with E-state index < -0.39 is 5.79 Å². The van der Waals surface area contributed by atoms with Crippen LogP contribution < -0.4 is 14.8 Å². The van der Waals surface area contributed by atoms with Crippen molar-refractivity contribution in [2.45, 2.75) is 26.6 Å². The van der Waals surface area contributed by atoms with Gasteiger partial charge in [-0.05, 0) is 37.3 Å². The predicted molar refractivity (Wildman–Crippen MR) is 101 cm³/mol. The van der Waals surface area contributed by atoms with E-state index in [0.717, 1.165) is 5.69 Å². The maximum atomic E-state index is 12.6. The molecule has 0 saturated carbocycles. The molecule has 7 nitrogen and oxygen atoms in total. The van der Waals surface area contributed by atoms with Crippen LogP contribution >= 0.6 is 11.6 Å². The lowest BCUT2D eigenvalue weighted by molar-refractivity contribution is -0.0431. The number of hydrogen-bond donors (Lipinski definition) is 1. The van der Waals surface area contributed by atoms with Crippen molar-refractivity contribution in [2.75, 3.05) is 5.32 Å². The minimum Gasteiger partial charge on any atom is -0.449 e. The van der Waals surface area contributed by atoms with Crippen LogP contribution in [0.1, 0.15) is 30.0 Å². The minimum absolute atomic E-state index is 0.230. The minimum atomic E-state index is -0.721. The van der Waals surface area contributed by atoms with E-state index in [2.05, 4.69) is 15.6 Å². The number of ether oxygens (including phenoxy) is 2. The van der Waals surface area contributed by atoms with Crippen molar-refractivity contribution in [3.05, 3.63) is 58.9 Å². The highest BCUT2D eigenvalue weighted by molar-refractivity contribution is 6.30. The number of carbonyl (C=O) groups is 1. The summed E-state index contributed by atoms with van der Waals surface area (Å²) in [6.45, 7) is 5.42. The molecule has 3 aromatic rings. The van der Waals surface area contributed by atoms with Gasteiger partial charge >= 0.3 is 0 Å². The highest BCUT2D eigenvalue weighted by Gasteiger charge is 2.31. The van der Waals surface area contributed by atoms with Gasteiger partial charge in [-0.1, -0.05) is 22.9 Å². The standard InChI is InChI=1S/C19H17ClN4O3/c1-11-17(22-23-24(11)14-6-4-5-12(20)9-14)18(25)21-13-7-8-15-16(10-13)27-19(2,3)26-15/h4-10H,1-3H3,(H,21,25). The molecule has 2 aromatic carbocycles. The Morgan fingerprint density at radius 2 is 1.93 bits per heavy atom. The second kappa shape index (κ2) is 6.28. The number of nitrogens with zero attached hydrogens (tertiary/aromatic N) is 3. The summed E-state index contributed by atoms with van der Waals surface area (Å²) in [4.78, 5) is 12.6. The zero-order valence-corrected chi connectivity index (χ0v) is 15.7. The van der Waals surface area contributed by atoms with Crippen molar-refractivity contribution in [3.63, 3.8) is 0 Å². The fourth-order valence-corrected chi connectivity index (χ4v) is 3.07. The second-order valence-electron chi connectivity index (χ2n) is 6.63. The van der Waals surface area contributed by atoms with Gasteiger partial charge in [-0.2, -0.15) is 0 Å². The Morgan fingerprint density at radius 1 is 1.15 bits per heavy atom. The van der Waals surface area contributed by atoms with E-state index in [9.17, 15) is 4.79 Å². The molecular formula is C19H17ClN4O3. The number of fused-ring (bicyclic) bond motifs is 1. The average Bonchev–Trinajstić information content (AvgIpc) is 3.12. The molecule has 2 heterocycles. The zero-order valence-electron chi connectivity index (χ0n) is 15.0. The molecule has 0 aliphatic carbocycles. The van der Waals surface area contributed by atoms with Crippen molar-refractivity contribution in [3.8, 4) is 17.2 Å². The van der Waals surface area contributed by atoms with Gasteiger partial charge < -0.3 is 14.8 Å². The summed E-state index contributed by atoms with van der Waals surface area (Å²) < 4.78 is 12.9. The first kappa shape index (κ1) is 17.4. The molecule has 0 fully saturated rings. The van der Waals surface area contributed by atoms with E-state index in [1.165, 1.54) is 0 Å². The van der Waals surface area contributed by atoms with Gasteiger partial charge in [-0.3, -0.25) is 4.79 Å². The summed E-state index contributed by atoms with van der Waals surface area (Å²) in [7, 11) is 0. The number of amides is 1. The smallest absolute Gasteiger partial charge is 0.278 e. The topological polar surface area (TPSA) is 78.3 Å². The van der Waals surface area contributed by atoms with E-state index in [1.807, 2.05) is 26.0 Å². The molecule has 0 unspecified atom stereocenters. The number of anilines is 1. The van der Waals surface area contributed by atoms with E-state index in [-0.39, 0.29) is 11.6 Å². The Kier molecular flexibility index (Phi) is 4.04. The normalized spacial score (nSPS) is 14.2. The lowest BCUT2D eigenvalue weighted by Crippen LogP contribution is -2.29. The highest BCUT2D eigenvalue weighted by Crippen LogP contribution is 2.40. The van der Waals surface area contributed by atoms with Gasteiger partial charge in [0.2, 0.25) is 5.79 Å². The summed E-state index contributed by atoms with van der Waals surface area (Å²) >= 11 is 6.03. The van der Waals surface area contributed by atoms with Gasteiger partial charge in [-0.25, -0.2) is 4.68 Å². The Bertz CT molecular complexity index is 1050. The summed E-state index contributed by atoms with van der Waals surface area (Å²) in [5.41, 5.74) is 2.15. The largest absolute Gasteiger partial charge is 0.449 e. The molecule has 1 amide bonds. The monoisotopic (exact) mass is 384 g/mol. The SMILES string of the molecule is Cc1c(C(=O)Nc2ccc3c(c2)OC(C)(C)O3)nnn1-c1cccc(Cl)c1. The van der Waals surface area contributed by atoms with Crippen molar-refractivity contribution in [2.24, 2.45) is 0 Å². The van der Waals surface area contributed by atoms with Crippen LogP contribution in [0.25, 0.3) is 5.69 Å². The van der Waals surface area contributed by atoms with E-state index in [1.54, 1.807) is 41.9 Å². The third-order valence-electron chi connectivity index (χ3n) is 4.08.